The first-order valence-corrected chi connectivity index (χ1v) is 17.5. The van der Waals surface area contributed by atoms with Crippen molar-refractivity contribution in [1.82, 2.24) is 29.9 Å². The van der Waals surface area contributed by atoms with E-state index in [4.69, 9.17) is 36.5 Å². The number of hydrogen-bond donors (Lipinski definition) is 0. The lowest BCUT2D eigenvalue weighted by Gasteiger charge is -2.11. The number of rotatable bonds is 7. The number of hydrogen-bond acceptors (Lipinski definition) is 6. The van der Waals surface area contributed by atoms with Gasteiger partial charge in [-0.05, 0) is 40.1 Å². The monoisotopic (exact) mass is 691 g/mol. The number of para-hydroxylation sites is 1. The minimum absolute atomic E-state index is 0.445. The lowest BCUT2D eigenvalue weighted by Crippen LogP contribution is -2.00. The van der Waals surface area contributed by atoms with Gasteiger partial charge in [-0.25, -0.2) is 34.7 Å². The second-order valence-electron chi connectivity index (χ2n) is 12.7. The molecule has 7 heteroatoms. The molecular formula is C47H29N7. The van der Waals surface area contributed by atoms with Crippen LogP contribution in [0, 0.1) is 6.57 Å². The molecule has 0 saturated carbocycles. The van der Waals surface area contributed by atoms with E-state index in [-0.39, 0.29) is 0 Å². The minimum atomic E-state index is 0.445. The summed E-state index contributed by atoms with van der Waals surface area (Å²) >= 11 is 0. The number of aromatic nitrogens is 6. The van der Waals surface area contributed by atoms with Gasteiger partial charge >= 0.3 is 0 Å². The van der Waals surface area contributed by atoms with E-state index in [9.17, 15) is 0 Å². The van der Waals surface area contributed by atoms with Crippen LogP contribution in [0.1, 0.15) is 0 Å². The summed E-state index contributed by atoms with van der Waals surface area (Å²) in [6.07, 6.45) is 0. The molecule has 0 aliphatic heterocycles. The zero-order valence-corrected chi connectivity index (χ0v) is 28.9. The molecule has 0 spiro atoms. The molecule has 0 unspecified atom stereocenters. The highest BCUT2D eigenvalue weighted by Crippen LogP contribution is 2.34. The topological polar surface area (TPSA) is 81.7 Å². The van der Waals surface area contributed by atoms with E-state index in [0.717, 1.165) is 49.7 Å². The van der Waals surface area contributed by atoms with Crippen LogP contribution in [0.25, 0.3) is 95.1 Å². The van der Waals surface area contributed by atoms with Gasteiger partial charge < -0.3 is 0 Å². The molecule has 0 bridgehead atoms. The summed E-state index contributed by atoms with van der Waals surface area (Å²) in [7, 11) is 0. The highest BCUT2D eigenvalue weighted by atomic mass is 15.0. The Hall–Kier alpha value is -7.69. The first-order chi connectivity index (χ1) is 26.7. The van der Waals surface area contributed by atoms with Crippen molar-refractivity contribution in [2.75, 3.05) is 0 Å². The molecule has 252 valence electrons. The number of benzene rings is 7. The summed E-state index contributed by atoms with van der Waals surface area (Å²) < 4.78 is 0. The van der Waals surface area contributed by atoms with Gasteiger partial charge in [0.1, 0.15) is 0 Å². The smallest absolute Gasteiger partial charge is 0.198 e. The lowest BCUT2D eigenvalue weighted by molar-refractivity contribution is 1.07. The Bertz CT molecular complexity index is 2790. The maximum atomic E-state index is 7.81. The maximum absolute atomic E-state index is 7.81. The molecular weight excluding hydrogens is 663 g/mol. The van der Waals surface area contributed by atoms with E-state index in [0.29, 0.717) is 46.2 Å². The van der Waals surface area contributed by atoms with Gasteiger partial charge in [-0.3, -0.25) is 0 Å². The Morgan fingerprint density at radius 3 is 1.26 bits per heavy atom. The van der Waals surface area contributed by atoms with Crippen LogP contribution in [0.5, 0.6) is 0 Å². The fourth-order valence-corrected chi connectivity index (χ4v) is 6.46. The van der Waals surface area contributed by atoms with Crippen molar-refractivity contribution in [3.63, 3.8) is 0 Å². The van der Waals surface area contributed by atoms with Crippen molar-refractivity contribution in [2.45, 2.75) is 0 Å². The van der Waals surface area contributed by atoms with Gasteiger partial charge in [0, 0.05) is 33.4 Å². The van der Waals surface area contributed by atoms with Gasteiger partial charge in [-0.2, -0.15) is 0 Å². The van der Waals surface area contributed by atoms with E-state index in [2.05, 4.69) is 53.4 Å². The van der Waals surface area contributed by atoms with Crippen LogP contribution in [0.2, 0.25) is 0 Å². The van der Waals surface area contributed by atoms with Gasteiger partial charge in [0.15, 0.2) is 40.6 Å². The largest absolute Gasteiger partial charge is 0.237 e. The molecule has 54 heavy (non-hydrogen) atoms. The van der Waals surface area contributed by atoms with Crippen LogP contribution in [0.3, 0.4) is 0 Å². The molecule has 2 aromatic heterocycles. The third-order valence-electron chi connectivity index (χ3n) is 9.18. The quantitative estimate of drug-likeness (QED) is 0.155. The van der Waals surface area contributed by atoms with Gasteiger partial charge in [-0.1, -0.05) is 158 Å². The Kier molecular flexibility index (Phi) is 8.44. The van der Waals surface area contributed by atoms with Crippen LogP contribution in [0.4, 0.5) is 5.69 Å². The molecule has 0 saturated heterocycles. The first-order valence-electron chi connectivity index (χ1n) is 17.5. The Morgan fingerprint density at radius 2 is 0.704 bits per heavy atom. The average Bonchev–Trinajstić information content (AvgIpc) is 3.26. The second kappa shape index (κ2) is 14.1. The Balaban J connectivity index is 1.14. The molecule has 0 N–H and O–H groups in total. The predicted molar refractivity (Wildman–Crippen MR) is 215 cm³/mol. The molecule has 0 atom stereocenters. The summed E-state index contributed by atoms with van der Waals surface area (Å²) in [5.41, 5.74) is 7.49. The van der Waals surface area contributed by atoms with Gasteiger partial charge in [0.05, 0.1) is 6.57 Å². The first kappa shape index (κ1) is 32.2. The Morgan fingerprint density at radius 1 is 0.296 bits per heavy atom. The molecule has 9 aromatic rings. The fourth-order valence-electron chi connectivity index (χ4n) is 6.46. The molecule has 0 amide bonds. The zero-order chi connectivity index (χ0) is 36.3. The van der Waals surface area contributed by atoms with Crippen molar-refractivity contribution in [1.29, 1.82) is 0 Å². The predicted octanol–water partition coefficient (Wildman–Crippen LogP) is 11.4. The van der Waals surface area contributed by atoms with Crippen LogP contribution >= 0.6 is 0 Å². The average molecular weight is 692 g/mol. The summed E-state index contributed by atoms with van der Waals surface area (Å²) in [5.74, 6) is 3.30. The summed E-state index contributed by atoms with van der Waals surface area (Å²) in [4.78, 5) is 33.4. The van der Waals surface area contributed by atoms with Crippen molar-refractivity contribution in [3.05, 3.63) is 187 Å². The number of nitrogens with zero attached hydrogens (tertiary/aromatic N) is 7. The van der Waals surface area contributed by atoms with E-state index >= 15 is 0 Å². The summed E-state index contributed by atoms with van der Waals surface area (Å²) in [6.45, 7) is 7.81. The summed E-state index contributed by atoms with van der Waals surface area (Å²) in [6, 6.07) is 58.1. The van der Waals surface area contributed by atoms with Gasteiger partial charge in [0.2, 0.25) is 0 Å². The molecule has 2 heterocycles. The van der Waals surface area contributed by atoms with E-state index < -0.39 is 0 Å². The van der Waals surface area contributed by atoms with Crippen molar-refractivity contribution in [2.24, 2.45) is 0 Å². The molecule has 7 nitrogen and oxygen atoms in total. The normalized spacial score (nSPS) is 10.9. The van der Waals surface area contributed by atoms with Crippen LogP contribution < -0.4 is 0 Å². The molecule has 0 fully saturated rings. The third kappa shape index (κ3) is 6.47. The molecule has 9 rings (SSSR count). The standard InChI is InChI=1S/C47H29N7/c1-48-41-25-11-10-24-40(41)47-53-45(52-46(54-47)39-27-26-31-14-8-9-19-34(31)28-39)38-23-13-21-36(30-38)35-20-12-22-37(29-35)44-50-42(32-15-4-2-5-16-32)49-43(51-44)33-17-6-3-7-18-33/h2-30H. The zero-order valence-electron chi connectivity index (χ0n) is 28.9. The second-order valence-corrected chi connectivity index (χ2v) is 12.7. The van der Waals surface area contributed by atoms with Gasteiger partial charge in [0.25, 0.3) is 0 Å². The highest BCUT2D eigenvalue weighted by molar-refractivity contribution is 5.87. The molecule has 7 aromatic carbocycles. The maximum Gasteiger partial charge on any atom is 0.198 e. The van der Waals surface area contributed by atoms with Crippen LogP contribution in [0.15, 0.2) is 176 Å². The van der Waals surface area contributed by atoms with Crippen LogP contribution in [-0.4, -0.2) is 29.9 Å². The van der Waals surface area contributed by atoms with Crippen LogP contribution in [-0.2, 0) is 0 Å². The third-order valence-corrected chi connectivity index (χ3v) is 9.18. The van der Waals surface area contributed by atoms with Crippen molar-refractivity contribution < 1.29 is 0 Å². The summed E-state index contributed by atoms with van der Waals surface area (Å²) in [5, 5.41) is 2.22. The molecule has 0 aliphatic carbocycles. The van der Waals surface area contributed by atoms with E-state index in [1.54, 1.807) is 6.07 Å². The van der Waals surface area contributed by atoms with E-state index in [1.807, 2.05) is 121 Å². The van der Waals surface area contributed by atoms with Gasteiger partial charge in [-0.15, -0.1) is 0 Å². The van der Waals surface area contributed by atoms with E-state index in [1.165, 1.54) is 0 Å². The lowest BCUT2D eigenvalue weighted by atomic mass is 10.0. The molecule has 0 aliphatic rings. The Labute approximate surface area is 312 Å². The minimum Gasteiger partial charge on any atom is -0.237 e. The van der Waals surface area contributed by atoms with Crippen molar-refractivity contribution in [3.8, 4) is 79.5 Å². The van der Waals surface area contributed by atoms with Crippen molar-refractivity contribution >= 4 is 16.5 Å². The molecule has 0 radical (unpaired) electrons. The SMILES string of the molecule is [C-]#[N+]c1ccccc1-c1nc(-c2cccc(-c3cccc(-c4nc(-c5ccccc5)nc(-c5ccccc5)n4)c3)c2)nc(-c2ccc3ccccc3c2)n1. The number of fused-ring (bicyclic) bond motifs is 1. The fraction of sp³-hybridized carbons (Fsp3) is 0. The highest BCUT2D eigenvalue weighted by Gasteiger charge is 2.17.